The van der Waals surface area contributed by atoms with Crippen LogP contribution in [-0.2, 0) is 14.8 Å². The number of benzene rings is 2. The number of hydrogen-bond donors (Lipinski definition) is 1. The maximum Gasteiger partial charge on any atom is 0.256 e. The Bertz CT molecular complexity index is 1350. The molecule has 4 aliphatic rings. The first-order valence-corrected chi connectivity index (χ1v) is 13.7. The fourth-order valence-electron chi connectivity index (χ4n) is 5.19. The SMILES string of the molecule is CN1CC(Oc2cccc(C(O)C(=O)N3CC4=C(C3)CN(S(=O)(=O)c3ccc5c(c3)OCCO5)C4)c2)C1. The predicted octanol–water partition coefficient (Wildman–Crippen LogP) is 1.03. The largest absolute Gasteiger partial charge is 0.488 e. The Labute approximate surface area is 215 Å². The third kappa shape index (κ3) is 4.56. The van der Waals surface area contributed by atoms with Gasteiger partial charge in [0.15, 0.2) is 17.6 Å². The summed E-state index contributed by atoms with van der Waals surface area (Å²) in [7, 11) is -1.72. The van der Waals surface area contributed by atoms with Gasteiger partial charge in [0.05, 0.1) is 4.90 Å². The molecule has 6 rings (SSSR count). The summed E-state index contributed by atoms with van der Waals surface area (Å²) in [5, 5.41) is 10.8. The zero-order valence-corrected chi connectivity index (χ0v) is 21.3. The Hall–Kier alpha value is -3.12. The van der Waals surface area contributed by atoms with Gasteiger partial charge in [-0.2, -0.15) is 4.31 Å². The fraction of sp³-hybridized carbons (Fsp3) is 0.423. The molecule has 1 fully saturated rings. The molecule has 4 heterocycles. The fourth-order valence-corrected chi connectivity index (χ4v) is 6.63. The molecular weight excluding hydrogens is 498 g/mol. The van der Waals surface area contributed by atoms with Gasteiger partial charge in [0.2, 0.25) is 10.0 Å². The molecule has 1 unspecified atom stereocenters. The second kappa shape index (κ2) is 9.32. The molecule has 1 atom stereocenters. The van der Waals surface area contributed by atoms with E-state index in [1.807, 2.05) is 13.1 Å². The molecule has 0 saturated carbocycles. The van der Waals surface area contributed by atoms with Crippen molar-refractivity contribution in [2.24, 2.45) is 0 Å². The number of likely N-dealkylation sites (N-methyl/N-ethyl adjacent to an activating group) is 1. The number of likely N-dealkylation sites (tertiary alicyclic amines) is 1. The third-order valence-electron chi connectivity index (χ3n) is 7.20. The van der Waals surface area contributed by atoms with Crippen molar-refractivity contribution in [3.8, 4) is 17.2 Å². The lowest BCUT2D eigenvalue weighted by Crippen LogP contribution is -2.51. The highest BCUT2D eigenvalue weighted by molar-refractivity contribution is 7.89. The van der Waals surface area contributed by atoms with Gasteiger partial charge < -0.3 is 24.2 Å². The number of hydrogen-bond acceptors (Lipinski definition) is 8. The molecule has 0 spiro atoms. The number of fused-ring (bicyclic) bond motifs is 1. The Kier molecular flexibility index (Phi) is 6.10. The molecule has 1 amide bonds. The summed E-state index contributed by atoms with van der Waals surface area (Å²) in [5.74, 6) is 1.18. The van der Waals surface area contributed by atoms with Crippen LogP contribution in [0.3, 0.4) is 0 Å². The Balaban J connectivity index is 1.08. The lowest BCUT2D eigenvalue weighted by molar-refractivity contribution is -0.139. The van der Waals surface area contributed by atoms with E-state index < -0.39 is 22.0 Å². The Morgan fingerprint density at radius 3 is 2.41 bits per heavy atom. The average molecular weight is 528 g/mol. The van der Waals surface area contributed by atoms with Crippen LogP contribution < -0.4 is 14.2 Å². The third-order valence-corrected chi connectivity index (χ3v) is 8.99. The van der Waals surface area contributed by atoms with E-state index in [-0.39, 0.29) is 24.1 Å². The smallest absolute Gasteiger partial charge is 0.256 e. The summed E-state index contributed by atoms with van der Waals surface area (Å²) in [4.78, 5) is 17.0. The highest BCUT2D eigenvalue weighted by Crippen LogP contribution is 2.36. The first-order valence-electron chi connectivity index (χ1n) is 12.3. The van der Waals surface area contributed by atoms with Crippen molar-refractivity contribution in [2.45, 2.75) is 17.1 Å². The summed E-state index contributed by atoms with van der Waals surface area (Å²) >= 11 is 0. The molecule has 11 heteroatoms. The minimum absolute atomic E-state index is 0.111. The normalized spacial score (nSPS) is 21.1. The van der Waals surface area contributed by atoms with E-state index >= 15 is 0 Å². The number of rotatable bonds is 6. The molecule has 10 nitrogen and oxygen atoms in total. The van der Waals surface area contributed by atoms with E-state index in [0.29, 0.717) is 49.1 Å². The van der Waals surface area contributed by atoms with Gasteiger partial charge in [0.1, 0.15) is 25.1 Å². The molecular formula is C26H29N3O7S. The van der Waals surface area contributed by atoms with E-state index in [9.17, 15) is 18.3 Å². The van der Waals surface area contributed by atoms with Crippen LogP contribution in [0.2, 0.25) is 0 Å². The molecule has 2 aromatic carbocycles. The van der Waals surface area contributed by atoms with Crippen LogP contribution in [0.5, 0.6) is 17.2 Å². The van der Waals surface area contributed by atoms with Crippen molar-refractivity contribution in [1.29, 1.82) is 0 Å². The molecule has 196 valence electrons. The second-order valence-corrected chi connectivity index (χ2v) is 11.9. The number of ether oxygens (including phenoxy) is 3. The highest BCUT2D eigenvalue weighted by Gasteiger charge is 2.39. The topological polar surface area (TPSA) is 109 Å². The summed E-state index contributed by atoms with van der Waals surface area (Å²) in [6, 6.07) is 11.7. The second-order valence-electron chi connectivity index (χ2n) is 9.92. The molecule has 4 aliphatic heterocycles. The molecule has 2 aromatic rings. The van der Waals surface area contributed by atoms with Gasteiger partial charge in [-0.15, -0.1) is 0 Å². The van der Waals surface area contributed by atoms with E-state index in [4.69, 9.17) is 14.2 Å². The van der Waals surface area contributed by atoms with Crippen LogP contribution in [0.1, 0.15) is 11.7 Å². The van der Waals surface area contributed by atoms with Crippen molar-refractivity contribution < 1.29 is 32.5 Å². The predicted molar refractivity (Wildman–Crippen MR) is 133 cm³/mol. The molecule has 1 N–H and O–H groups in total. The summed E-state index contributed by atoms with van der Waals surface area (Å²) in [5.41, 5.74) is 2.27. The number of aliphatic hydroxyl groups is 1. The van der Waals surface area contributed by atoms with Crippen LogP contribution in [0.4, 0.5) is 0 Å². The van der Waals surface area contributed by atoms with Crippen LogP contribution in [0.25, 0.3) is 0 Å². The summed E-state index contributed by atoms with van der Waals surface area (Å²) < 4.78 is 44.9. The van der Waals surface area contributed by atoms with Gasteiger partial charge in [-0.1, -0.05) is 12.1 Å². The zero-order valence-electron chi connectivity index (χ0n) is 20.5. The van der Waals surface area contributed by atoms with E-state index in [1.54, 1.807) is 29.2 Å². The van der Waals surface area contributed by atoms with Crippen molar-refractivity contribution >= 4 is 15.9 Å². The standard InChI is InChI=1S/C26H29N3O7S/c1-27-15-21(16-27)36-20-4-2-3-17(9-20)25(30)26(31)28-11-18-13-29(14-19(18)12-28)37(32,33)22-5-6-23-24(10-22)35-8-7-34-23/h2-6,9-10,21,25,30H,7-8,11-16H2,1H3. The molecule has 1 saturated heterocycles. The zero-order chi connectivity index (χ0) is 25.7. The summed E-state index contributed by atoms with van der Waals surface area (Å²) in [6.07, 6.45) is -1.20. The molecule has 0 aliphatic carbocycles. The monoisotopic (exact) mass is 527 g/mol. The number of nitrogens with zero attached hydrogens (tertiary/aromatic N) is 3. The number of carbonyl (C=O) groups is 1. The van der Waals surface area contributed by atoms with Crippen molar-refractivity contribution in [3.63, 3.8) is 0 Å². The maximum absolute atomic E-state index is 13.3. The van der Waals surface area contributed by atoms with Gasteiger partial charge in [-0.25, -0.2) is 8.42 Å². The van der Waals surface area contributed by atoms with Crippen LogP contribution in [0, 0.1) is 0 Å². The lowest BCUT2D eigenvalue weighted by atomic mass is 10.1. The molecule has 37 heavy (non-hydrogen) atoms. The number of carbonyl (C=O) groups excluding carboxylic acids is 1. The van der Waals surface area contributed by atoms with Gasteiger partial charge in [0, 0.05) is 45.3 Å². The Morgan fingerprint density at radius 2 is 1.70 bits per heavy atom. The van der Waals surface area contributed by atoms with Crippen molar-refractivity contribution in [2.75, 3.05) is 59.5 Å². The average Bonchev–Trinajstić information content (AvgIpc) is 3.47. The van der Waals surface area contributed by atoms with Crippen molar-refractivity contribution in [3.05, 3.63) is 59.2 Å². The van der Waals surface area contributed by atoms with Gasteiger partial charge in [0.25, 0.3) is 5.91 Å². The van der Waals surface area contributed by atoms with Crippen LogP contribution in [-0.4, -0.2) is 99.2 Å². The molecule has 0 aromatic heterocycles. The van der Waals surface area contributed by atoms with Gasteiger partial charge in [-0.3, -0.25) is 9.69 Å². The van der Waals surface area contributed by atoms with Crippen LogP contribution >= 0.6 is 0 Å². The summed E-state index contributed by atoms with van der Waals surface area (Å²) in [6.45, 7) is 3.52. The van der Waals surface area contributed by atoms with Crippen LogP contribution in [0.15, 0.2) is 58.5 Å². The number of aliphatic hydroxyl groups excluding tert-OH is 1. The van der Waals surface area contributed by atoms with E-state index in [2.05, 4.69) is 4.90 Å². The van der Waals surface area contributed by atoms with E-state index in [0.717, 1.165) is 24.2 Å². The number of sulfonamides is 1. The van der Waals surface area contributed by atoms with Gasteiger partial charge >= 0.3 is 0 Å². The van der Waals surface area contributed by atoms with Crippen molar-refractivity contribution in [1.82, 2.24) is 14.1 Å². The molecule has 0 bridgehead atoms. The lowest BCUT2D eigenvalue weighted by Gasteiger charge is -2.36. The first-order chi connectivity index (χ1) is 17.8. The van der Waals surface area contributed by atoms with E-state index in [1.165, 1.54) is 16.4 Å². The molecule has 0 radical (unpaired) electrons. The maximum atomic E-state index is 13.3. The first kappa shape index (κ1) is 24.2. The quantitative estimate of drug-likeness (QED) is 0.555. The minimum Gasteiger partial charge on any atom is -0.488 e. The Morgan fingerprint density at radius 1 is 1.00 bits per heavy atom. The van der Waals surface area contributed by atoms with Gasteiger partial charge in [-0.05, 0) is 48.0 Å². The minimum atomic E-state index is -3.74. The number of amides is 1. The highest BCUT2D eigenvalue weighted by atomic mass is 32.2.